The first kappa shape index (κ1) is 14.8. The summed E-state index contributed by atoms with van der Waals surface area (Å²) >= 11 is 1.83. The fourth-order valence-corrected chi connectivity index (χ4v) is 3.14. The number of thioether (sulfide) groups is 1. The first-order valence-corrected chi connectivity index (χ1v) is 7.89. The van der Waals surface area contributed by atoms with E-state index < -0.39 is 5.97 Å². The van der Waals surface area contributed by atoms with Crippen LogP contribution in [0.4, 0.5) is 0 Å². The summed E-state index contributed by atoms with van der Waals surface area (Å²) in [6.07, 6.45) is 4.17. The van der Waals surface area contributed by atoms with Crippen LogP contribution < -0.4 is 0 Å². The van der Waals surface area contributed by atoms with Gasteiger partial charge in [0.1, 0.15) is 5.52 Å². The van der Waals surface area contributed by atoms with E-state index in [0.717, 1.165) is 30.4 Å². The molecule has 0 fully saturated rings. The number of nitrogens with zero attached hydrogens (tertiary/aromatic N) is 3. The molecule has 2 aromatic rings. The number of aromatic nitrogens is 3. The molecule has 2 rings (SSSR count). The van der Waals surface area contributed by atoms with Gasteiger partial charge in [0.05, 0.1) is 17.6 Å². The van der Waals surface area contributed by atoms with Crippen LogP contribution in [0.2, 0.25) is 0 Å². The maximum atomic E-state index is 11.1. The minimum atomic E-state index is -0.929. The van der Waals surface area contributed by atoms with Crippen molar-refractivity contribution in [2.24, 2.45) is 0 Å². The fraction of sp³-hybridized carbons (Fsp3) is 0.500. The number of carboxylic acids is 1. The van der Waals surface area contributed by atoms with Crippen LogP contribution in [0.1, 0.15) is 37.0 Å². The molecule has 0 unspecified atom stereocenters. The number of fused-ring (bicyclic) bond motifs is 1. The molecule has 0 spiro atoms. The van der Waals surface area contributed by atoms with Gasteiger partial charge in [0.2, 0.25) is 0 Å². The van der Waals surface area contributed by atoms with E-state index in [1.54, 1.807) is 18.2 Å². The van der Waals surface area contributed by atoms with Crippen molar-refractivity contribution >= 4 is 28.8 Å². The maximum absolute atomic E-state index is 11.1. The van der Waals surface area contributed by atoms with Crippen molar-refractivity contribution in [2.45, 2.75) is 38.0 Å². The summed E-state index contributed by atoms with van der Waals surface area (Å²) in [5, 5.41) is 17.4. The molecule has 6 heteroatoms. The molecule has 0 aliphatic heterocycles. The quantitative estimate of drug-likeness (QED) is 0.886. The van der Waals surface area contributed by atoms with Gasteiger partial charge in [-0.1, -0.05) is 19.1 Å². The third-order valence-electron chi connectivity index (χ3n) is 3.92. The molecule has 1 aromatic carbocycles. The lowest BCUT2D eigenvalue weighted by Gasteiger charge is -2.29. The molecule has 0 saturated heterocycles. The highest BCUT2D eigenvalue weighted by Crippen LogP contribution is 2.32. The van der Waals surface area contributed by atoms with Crippen LogP contribution in [0.15, 0.2) is 18.2 Å². The fourth-order valence-electron chi connectivity index (χ4n) is 2.31. The van der Waals surface area contributed by atoms with E-state index >= 15 is 0 Å². The minimum absolute atomic E-state index is 0.111. The number of rotatable bonds is 6. The van der Waals surface area contributed by atoms with Gasteiger partial charge in [-0.05, 0) is 37.3 Å². The van der Waals surface area contributed by atoms with Gasteiger partial charge in [-0.15, -0.1) is 5.10 Å². The first-order chi connectivity index (χ1) is 9.55. The smallest absolute Gasteiger partial charge is 0.335 e. The summed E-state index contributed by atoms with van der Waals surface area (Å²) in [6, 6.07) is 4.92. The van der Waals surface area contributed by atoms with Crippen molar-refractivity contribution in [3.05, 3.63) is 23.8 Å². The molecule has 0 bridgehead atoms. The molecule has 0 aliphatic carbocycles. The molecule has 1 N–H and O–H groups in total. The summed E-state index contributed by atoms with van der Waals surface area (Å²) < 4.78 is 1.94. The van der Waals surface area contributed by atoms with Gasteiger partial charge < -0.3 is 5.11 Å². The molecule has 108 valence electrons. The normalized spacial score (nSPS) is 11.9. The Morgan fingerprint density at radius 3 is 2.65 bits per heavy atom. The van der Waals surface area contributed by atoms with Gasteiger partial charge in [0, 0.05) is 4.75 Å². The number of benzene rings is 1. The van der Waals surface area contributed by atoms with Crippen molar-refractivity contribution in [3.63, 3.8) is 0 Å². The van der Waals surface area contributed by atoms with Gasteiger partial charge in [0.25, 0.3) is 0 Å². The van der Waals surface area contributed by atoms with E-state index in [1.807, 2.05) is 16.4 Å². The van der Waals surface area contributed by atoms with E-state index in [-0.39, 0.29) is 10.3 Å². The number of aromatic carboxylic acids is 1. The lowest BCUT2D eigenvalue weighted by Crippen LogP contribution is -2.29. The zero-order chi connectivity index (χ0) is 14.8. The third kappa shape index (κ3) is 2.65. The largest absolute Gasteiger partial charge is 0.478 e. The van der Waals surface area contributed by atoms with Gasteiger partial charge in [-0.25, -0.2) is 9.48 Å². The molecule has 5 nitrogen and oxygen atoms in total. The van der Waals surface area contributed by atoms with Crippen molar-refractivity contribution in [2.75, 3.05) is 6.26 Å². The zero-order valence-corrected chi connectivity index (χ0v) is 12.8. The molecule has 0 saturated carbocycles. The Labute approximate surface area is 122 Å². The third-order valence-corrected chi connectivity index (χ3v) is 5.49. The Morgan fingerprint density at radius 2 is 2.10 bits per heavy atom. The summed E-state index contributed by atoms with van der Waals surface area (Å²) in [6.45, 7) is 5.07. The number of carboxylic acid groups (broad SMARTS) is 1. The Hall–Kier alpha value is -1.56. The van der Waals surface area contributed by atoms with Gasteiger partial charge >= 0.3 is 5.97 Å². The highest BCUT2D eigenvalue weighted by molar-refractivity contribution is 8.00. The molecule has 0 aliphatic rings. The summed E-state index contributed by atoms with van der Waals surface area (Å²) in [5.74, 6) is -0.929. The number of carbonyl (C=O) groups is 1. The van der Waals surface area contributed by atoms with E-state index in [1.165, 1.54) is 0 Å². The van der Waals surface area contributed by atoms with Crippen molar-refractivity contribution in [1.29, 1.82) is 0 Å². The van der Waals surface area contributed by atoms with Crippen molar-refractivity contribution in [1.82, 2.24) is 15.0 Å². The molecule has 0 atom stereocenters. The number of hydrogen-bond acceptors (Lipinski definition) is 4. The average molecular weight is 293 g/mol. The Morgan fingerprint density at radius 1 is 1.40 bits per heavy atom. The van der Waals surface area contributed by atoms with Crippen LogP contribution in [0.5, 0.6) is 0 Å². The SMILES string of the molecule is CCC(CC)(Cn1nnc2ccc(C(=O)O)cc21)SC. The van der Waals surface area contributed by atoms with Crippen molar-refractivity contribution in [3.8, 4) is 0 Å². The maximum Gasteiger partial charge on any atom is 0.335 e. The van der Waals surface area contributed by atoms with Gasteiger partial charge in [-0.3, -0.25) is 0 Å². The average Bonchev–Trinajstić information content (AvgIpc) is 2.87. The predicted octanol–water partition coefficient (Wildman–Crippen LogP) is 3.05. The molecule has 20 heavy (non-hydrogen) atoms. The summed E-state index contributed by atoms with van der Waals surface area (Å²) in [4.78, 5) is 11.1. The minimum Gasteiger partial charge on any atom is -0.478 e. The van der Waals surface area contributed by atoms with Crippen LogP contribution in [0.25, 0.3) is 11.0 Å². The van der Waals surface area contributed by atoms with Crippen LogP contribution in [-0.2, 0) is 6.54 Å². The van der Waals surface area contributed by atoms with E-state index in [0.29, 0.717) is 0 Å². The van der Waals surface area contributed by atoms with E-state index in [4.69, 9.17) is 5.11 Å². The van der Waals surface area contributed by atoms with Gasteiger partial charge in [-0.2, -0.15) is 11.8 Å². The first-order valence-electron chi connectivity index (χ1n) is 6.67. The van der Waals surface area contributed by atoms with Crippen LogP contribution >= 0.6 is 11.8 Å². The summed E-state index contributed by atoms with van der Waals surface area (Å²) in [7, 11) is 0. The molecule has 0 amide bonds. The molecular weight excluding hydrogens is 274 g/mol. The second kappa shape index (κ2) is 5.83. The lowest BCUT2D eigenvalue weighted by atomic mass is 10.0. The highest BCUT2D eigenvalue weighted by Gasteiger charge is 2.27. The predicted molar refractivity (Wildman–Crippen MR) is 81.3 cm³/mol. The molecule has 1 heterocycles. The molecule has 1 aromatic heterocycles. The van der Waals surface area contributed by atoms with Gasteiger partial charge in [0.15, 0.2) is 0 Å². The summed E-state index contributed by atoms with van der Waals surface area (Å²) in [5.41, 5.74) is 1.78. The lowest BCUT2D eigenvalue weighted by molar-refractivity contribution is 0.0697. The topological polar surface area (TPSA) is 68.0 Å². The van der Waals surface area contributed by atoms with Crippen LogP contribution in [-0.4, -0.2) is 37.1 Å². The molecular formula is C14H19N3O2S. The monoisotopic (exact) mass is 293 g/mol. The Balaban J connectivity index is 2.44. The number of hydrogen-bond donors (Lipinski definition) is 1. The van der Waals surface area contributed by atoms with Crippen molar-refractivity contribution < 1.29 is 9.90 Å². The van der Waals surface area contributed by atoms with Crippen LogP contribution in [0.3, 0.4) is 0 Å². The Kier molecular flexibility index (Phi) is 4.32. The zero-order valence-electron chi connectivity index (χ0n) is 12.0. The highest BCUT2D eigenvalue weighted by atomic mass is 32.2. The standard InChI is InChI=1S/C14H19N3O2S/c1-4-14(5-2,20-3)9-17-12-8-10(13(18)19)6-7-11(12)15-16-17/h6-8H,4-5,9H2,1-3H3,(H,18,19). The van der Waals surface area contributed by atoms with E-state index in [2.05, 4.69) is 30.4 Å². The second-order valence-electron chi connectivity index (χ2n) is 4.85. The Bertz CT molecular complexity index is 612. The molecule has 0 radical (unpaired) electrons. The second-order valence-corrected chi connectivity index (χ2v) is 6.12. The van der Waals surface area contributed by atoms with E-state index in [9.17, 15) is 4.79 Å². The van der Waals surface area contributed by atoms with Crippen LogP contribution in [0, 0.1) is 0 Å².